The third-order valence-corrected chi connectivity index (χ3v) is 5.92. The third-order valence-electron chi connectivity index (χ3n) is 4.73. The van der Waals surface area contributed by atoms with Gasteiger partial charge in [-0.1, -0.05) is 22.4 Å². The highest BCUT2D eigenvalue weighted by Crippen LogP contribution is 2.36. The molecular weight excluding hydrogens is 278 g/mol. The Labute approximate surface area is 114 Å². The molecule has 0 aromatic heterocycles. The monoisotopic (exact) mass is 303 g/mol. The molecule has 0 saturated carbocycles. The van der Waals surface area contributed by atoms with Gasteiger partial charge in [-0.2, -0.15) is 0 Å². The highest BCUT2D eigenvalue weighted by molar-refractivity contribution is 9.09. The number of rotatable bonds is 3. The van der Waals surface area contributed by atoms with Gasteiger partial charge in [-0.3, -0.25) is 4.90 Å². The third kappa shape index (κ3) is 3.24. The van der Waals surface area contributed by atoms with Crippen LogP contribution < -0.4 is 0 Å². The molecule has 2 aliphatic rings. The summed E-state index contributed by atoms with van der Waals surface area (Å²) >= 11 is 3.75. The summed E-state index contributed by atoms with van der Waals surface area (Å²) in [5.74, 6) is 0. The summed E-state index contributed by atoms with van der Waals surface area (Å²) in [5.41, 5.74) is 0.456. The summed E-state index contributed by atoms with van der Waals surface area (Å²) in [6.45, 7) is 7.95. The number of piperidine rings is 1. The highest BCUT2D eigenvalue weighted by Gasteiger charge is 2.37. The van der Waals surface area contributed by atoms with Gasteiger partial charge in [0, 0.05) is 37.2 Å². The van der Waals surface area contributed by atoms with E-state index in [9.17, 15) is 0 Å². The molecule has 2 fully saturated rings. The van der Waals surface area contributed by atoms with Gasteiger partial charge in [0.25, 0.3) is 0 Å². The fourth-order valence-corrected chi connectivity index (χ4v) is 4.05. The molecule has 100 valence electrons. The van der Waals surface area contributed by atoms with Crippen LogP contribution in [0.5, 0.6) is 0 Å². The Hall–Kier alpha value is 0.400. The minimum atomic E-state index is 0.456. The van der Waals surface area contributed by atoms with E-state index >= 15 is 0 Å². The van der Waals surface area contributed by atoms with Crippen molar-refractivity contribution in [3.8, 4) is 0 Å². The molecule has 2 saturated heterocycles. The number of nitrogens with zero attached hydrogens (tertiary/aromatic N) is 1. The van der Waals surface area contributed by atoms with Crippen LogP contribution in [-0.2, 0) is 4.74 Å². The Morgan fingerprint density at radius 1 is 1.18 bits per heavy atom. The van der Waals surface area contributed by atoms with Gasteiger partial charge in [-0.15, -0.1) is 0 Å². The normalized spacial score (nSPS) is 34.8. The van der Waals surface area contributed by atoms with Crippen molar-refractivity contribution in [2.24, 2.45) is 5.41 Å². The Morgan fingerprint density at radius 3 is 2.29 bits per heavy atom. The molecule has 2 nitrogen and oxygen atoms in total. The number of alkyl halides is 1. The van der Waals surface area contributed by atoms with Gasteiger partial charge < -0.3 is 4.74 Å². The van der Waals surface area contributed by atoms with E-state index in [1.807, 2.05) is 0 Å². The van der Waals surface area contributed by atoms with E-state index in [-0.39, 0.29) is 0 Å². The zero-order valence-electron chi connectivity index (χ0n) is 11.3. The van der Waals surface area contributed by atoms with E-state index in [2.05, 4.69) is 34.7 Å². The molecule has 0 amide bonds. The van der Waals surface area contributed by atoms with Gasteiger partial charge in [-0.05, 0) is 44.9 Å². The number of likely N-dealkylation sites (tertiary alicyclic amines) is 1. The van der Waals surface area contributed by atoms with E-state index in [4.69, 9.17) is 4.74 Å². The van der Waals surface area contributed by atoms with Crippen LogP contribution in [0.4, 0.5) is 0 Å². The predicted molar refractivity (Wildman–Crippen MR) is 75.8 cm³/mol. The minimum Gasteiger partial charge on any atom is -0.381 e. The zero-order chi connectivity index (χ0) is 12.3. The lowest BCUT2D eigenvalue weighted by Gasteiger charge is -2.46. The van der Waals surface area contributed by atoms with E-state index in [0.717, 1.165) is 30.6 Å². The number of halogens is 1. The van der Waals surface area contributed by atoms with Gasteiger partial charge in [0.2, 0.25) is 0 Å². The molecule has 0 aromatic rings. The van der Waals surface area contributed by atoms with Crippen LogP contribution in [0.25, 0.3) is 0 Å². The number of hydrogen-bond acceptors (Lipinski definition) is 2. The first-order chi connectivity index (χ1) is 8.17. The first-order valence-corrected chi connectivity index (χ1v) is 8.18. The topological polar surface area (TPSA) is 12.5 Å². The molecule has 2 atom stereocenters. The summed E-state index contributed by atoms with van der Waals surface area (Å²) in [6, 6.07) is 1.52. The highest BCUT2D eigenvalue weighted by atomic mass is 79.9. The average molecular weight is 304 g/mol. The van der Waals surface area contributed by atoms with E-state index in [0.29, 0.717) is 5.41 Å². The maximum absolute atomic E-state index is 5.53. The second-order valence-corrected chi connectivity index (χ2v) is 6.61. The van der Waals surface area contributed by atoms with Crippen LogP contribution in [0.1, 0.15) is 46.0 Å². The van der Waals surface area contributed by atoms with Crippen molar-refractivity contribution in [2.75, 3.05) is 25.1 Å². The van der Waals surface area contributed by atoms with Crippen LogP contribution in [0, 0.1) is 5.41 Å². The zero-order valence-corrected chi connectivity index (χ0v) is 12.8. The van der Waals surface area contributed by atoms with Crippen molar-refractivity contribution in [3.63, 3.8) is 0 Å². The standard InChI is InChI=1S/C14H26BrNO/c1-12-4-3-5-13(2)16(12)11-14(10-15)6-8-17-9-7-14/h12-13H,3-11H2,1-2H3/t12-,13+. The van der Waals surface area contributed by atoms with Crippen molar-refractivity contribution in [1.82, 2.24) is 4.90 Å². The molecule has 0 spiro atoms. The first-order valence-electron chi connectivity index (χ1n) is 7.06. The van der Waals surface area contributed by atoms with Crippen LogP contribution in [0.15, 0.2) is 0 Å². The molecule has 0 N–H and O–H groups in total. The molecule has 17 heavy (non-hydrogen) atoms. The van der Waals surface area contributed by atoms with Gasteiger partial charge in [-0.25, -0.2) is 0 Å². The summed E-state index contributed by atoms with van der Waals surface area (Å²) in [7, 11) is 0. The molecule has 0 aromatic carbocycles. The van der Waals surface area contributed by atoms with Crippen LogP contribution in [-0.4, -0.2) is 42.1 Å². The van der Waals surface area contributed by atoms with Crippen LogP contribution in [0.2, 0.25) is 0 Å². The van der Waals surface area contributed by atoms with Gasteiger partial charge in [0.15, 0.2) is 0 Å². The Kier molecular flexibility index (Phi) is 4.90. The second-order valence-electron chi connectivity index (χ2n) is 6.05. The van der Waals surface area contributed by atoms with E-state index in [1.165, 1.54) is 38.6 Å². The number of hydrogen-bond donors (Lipinski definition) is 0. The second kappa shape index (κ2) is 6.03. The SMILES string of the molecule is C[C@@H]1CCC[C@H](C)N1CC1(CBr)CCOCC1. The molecule has 2 aliphatic heterocycles. The van der Waals surface area contributed by atoms with Crippen molar-refractivity contribution < 1.29 is 4.74 Å². The quantitative estimate of drug-likeness (QED) is 0.741. The lowest BCUT2D eigenvalue weighted by molar-refractivity contribution is -0.0159. The molecule has 3 heteroatoms. The Bertz CT molecular complexity index is 230. The first kappa shape index (κ1) is 13.8. The molecule has 0 bridgehead atoms. The predicted octanol–water partition coefficient (Wildman–Crippen LogP) is 3.44. The van der Waals surface area contributed by atoms with Crippen molar-refractivity contribution in [2.45, 2.75) is 58.0 Å². The maximum Gasteiger partial charge on any atom is 0.0472 e. The Balaban J connectivity index is 2.00. The molecule has 2 heterocycles. The largest absolute Gasteiger partial charge is 0.381 e. The molecular formula is C14H26BrNO. The van der Waals surface area contributed by atoms with E-state index in [1.54, 1.807) is 0 Å². The summed E-state index contributed by atoms with van der Waals surface area (Å²) in [5, 5.41) is 1.12. The molecule has 0 radical (unpaired) electrons. The van der Waals surface area contributed by atoms with Crippen molar-refractivity contribution in [1.29, 1.82) is 0 Å². The molecule has 0 aliphatic carbocycles. The summed E-state index contributed by atoms with van der Waals surface area (Å²) in [4.78, 5) is 2.75. The van der Waals surface area contributed by atoms with Gasteiger partial charge >= 0.3 is 0 Å². The maximum atomic E-state index is 5.53. The fourth-order valence-electron chi connectivity index (χ4n) is 3.31. The number of ether oxygens (including phenoxy) is 1. The molecule has 0 unspecified atom stereocenters. The smallest absolute Gasteiger partial charge is 0.0472 e. The van der Waals surface area contributed by atoms with Crippen molar-refractivity contribution >= 4 is 15.9 Å². The van der Waals surface area contributed by atoms with Crippen LogP contribution >= 0.6 is 15.9 Å². The lowest BCUT2D eigenvalue weighted by atomic mass is 9.80. The van der Waals surface area contributed by atoms with Crippen molar-refractivity contribution in [3.05, 3.63) is 0 Å². The summed E-state index contributed by atoms with van der Waals surface area (Å²) in [6.07, 6.45) is 6.59. The van der Waals surface area contributed by atoms with Gasteiger partial charge in [0.05, 0.1) is 0 Å². The van der Waals surface area contributed by atoms with Gasteiger partial charge in [0.1, 0.15) is 0 Å². The average Bonchev–Trinajstić information content (AvgIpc) is 2.35. The lowest BCUT2D eigenvalue weighted by Crippen LogP contribution is -2.51. The summed E-state index contributed by atoms with van der Waals surface area (Å²) < 4.78 is 5.53. The minimum absolute atomic E-state index is 0.456. The van der Waals surface area contributed by atoms with E-state index < -0.39 is 0 Å². The Morgan fingerprint density at radius 2 is 1.76 bits per heavy atom. The fraction of sp³-hybridized carbons (Fsp3) is 1.00. The molecule has 2 rings (SSSR count). The van der Waals surface area contributed by atoms with Crippen LogP contribution in [0.3, 0.4) is 0 Å².